The van der Waals surface area contributed by atoms with Crippen molar-refractivity contribution in [3.05, 3.63) is 69.6 Å². The van der Waals surface area contributed by atoms with Gasteiger partial charge in [0.15, 0.2) is 0 Å². The Kier molecular flexibility index (Phi) is 5.11. The molecular formula is C17H17F3N2O2. The largest absolute Gasteiger partial charge is 0.417 e. The molecule has 4 nitrogen and oxygen atoms in total. The molecule has 1 amide bonds. The van der Waals surface area contributed by atoms with E-state index in [0.29, 0.717) is 12.3 Å². The van der Waals surface area contributed by atoms with E-state index in [-0.39, 0.29) is 6.04 Å². The Morgan fingerprint density at radius 2 is 1.79 bits per heavy atom. The number of pyridine rings is 1. The molecule has 7 heteroatoms. The van der Waals surface area contributed by atoms with E-state index >= 15 is 0 Å². The highest BCUT2D eigenvalue weighted by molar-refractivity contribution is 5.76. The van der Waals surface area contributed by atoms with Crippen LogP contribution < -0.4 is 10.9 Å². The summed E-state index contributed by atoms with van der Waals surface area (Å²) in [6.45, 7) is 3.23. The first-order chi connectivity index (χ1) is 11.2. The van der Waals surface area contributed by atoms with Gasteiger partial charge in [-0.05, 0) is 25.5 Å². The lowest BCUT2D eigenvalue weighted by Crippen LogP contribution is -2.34. The van der Waals surface area contributed by atoms with Gasteiger partial charge < -0.3 is 9.88 Å². The number of benzene rings is 1. The van der Waals surface area contributed by atoms with Crippen molar-refractivity contribution in [2.45, 2.75) is 32.6 Å². The summed E-state index contributed by atoms with van der Waals surface area (Å²) in [5.74, 6) is -0.538. The Balaban J connectivity index is 2.09. The van der Waals surface area contributed by atoms with Crippen molar-refractivity contribution in [2.24, 2.45) is 0 Å². The lowest BCUT2D eigenvalue weighted by atomic mass is 10.1. The molecule has 128 valence electrons. The normalized spacial score (nSPS) is 12.7. The van der Waals surface area contributed by atoms with Crippen LogP contribution in [0.5, 0.6) is 0 Å². The Morgan fingerprint density at radius 1 is 1.17 bits per heavy atom. The molecule has 2 aromatic rings. The minimum atomic E-state index is -4.57. The van der Waals surface area contributed by atoms with E-state index in [2.05, 4.69) is 5.32 Å². The molecule has 0 saturated heterocycles. The highest BCUT2D eigenvalue weighted by atomic mass is 19.4. The Hall–Kier alpha value is -2.57. The van der Waals surface area contributed by atoms with E-state index in [4.69, 9.17) is 0 Å². The summed E-state index contributed by atoms with van der Waals surface area (Å²) in [4.78, 5) is 23.7. The number of carbonyl (C=O) groups is 1. The molecule has 1 N–H and O–H groups in total. The van der Waals surface area contributed by atoms with Crippen LogP contribution in [0.2, 0.25) is 0 Å². The number of alkyl halides is 3. The minimum absolute atomic E-state index is 0.320. The molecule has 0 saturated carbocycles. The van der Waals surface area contributed by atoms with Gasteiger partial charge in [0.2, 0.25) is 5.91 Å². The van der Waals surface area contributed by atoms with Crippen LogP contribution in [0.15, 0.2) is 47.4 Å². The first-order valence-corrected chi connectivity index (χ1v) is 7.30. The summed E-state index contributed by atoms with van der Waals surface area (Å²) in [5, 5.41) is 2.67. The van der Waals surface area contributed by atoms with Crippen LogP contribution in [-0.4, -0.2) is 10.5 Å². The van der Waals surface area contributed by atoms with Crippen LogP contribution >= 0.6 is 0 Å². The Labute approximate surface area is 136 Å². The SMILES string of the molecule is Cc1ccc(C(C)NC(=O)Cn2cc(C(F)(F)F)ccc2=O)cc1. The molecule has 0 spiro atoms. The van der Waals surface area contributed by atoms with Gasteiger partial charge in [-0.25, -0.2) is 0 Å². The summed E-state index contributed by atoms with van der Waals surface area (Å²) < 4.78 is 38.8. The van der Waals surface area contributed by atoms with Gasteiger partial charge >= 0.3 is 6.18 Å². The third-order valence-corrected chi connectivity index (χ3v) is 3.58. The Morgan fingerprint density at radius 3 is 2.38 bits per heavy atom. The number of aryl methyl sites for hydroxylation is 1. The fraction of sp³-hybridized carbons (Fsp3) is 0.294. The molecule has 0 aliphatic heterocycles. The van der Waals surface area contributed by atoms with Gasteiger partial charge in [-0.1, -0.05) is 29.8 Å². The van der Waals surface area contributed by atoms with E-state index in [1.54, 1.807) is 6.92 Å². The maximum Gasteiger partial charge on any atom is 0.417 e. The quantitative estimate of drug-likeness (QED) is 0.931. The van der Waals surface area contributed by atoms with Crippen LogP contribution in [0.25, 0.3) is 0 Å². The van der Waals surface area contributed by atoms with Crippen LogP contribution in [0.3, 0.4) is 0 Å². The number of aromatic nitrogens is 1. The summed E-state index contributed by atoms with van der Waals surface area (Å²) in [5.41, 5.74) is 0.306. The van der Waals surface area contributed by atoms with Crippen LogP contribution in [0, 0.1) is 6.92 Å². The molecule has 0 fully saturated rings. The van der Waals surface area contributed by atoms with Crippen molar-refractivity contribution in [3.63, 3.8) is 0 Å². The first kappa shape index (κ1) is 17.8. The van der Waals surface area contributed by atoms with Crippen molar-refractivity contribution in [1.29, 1.82) is 0 Å². The average molecular weight is 338 g/mol. The zero-order chi connectivity index (χ0) is 17.9. The number of carbonyl (C=O) groups excluding carboxylic acids is 1. The van der Waals surface area contributed by atoms with Gasteiger partial charge in [-0.2, -0.15) is 13.2 Å². The lowest BCUT2D eigenvalue weighted by molar-refractivity contribution is -0.138. The molecule has 1 aromatic heterocycles. The summed E-state index contributed by atoms with van der Waals surface area (Å²) >= 11 is 0. The third kappa shape index (κ3) is 4.47. The molecule has 0 bridgehead atoms. The standard InChI is InChI=1S/C17H17F3N2O2/c1-11-3-5-13(6-4-11)12(2)21-15(23)10-22-9-14(17(18,19)20)7-8-16(22)24/h3-9,12H,10H2,1-2H3,(H,21,23). The molecule has 1 unspecified atom stereocenters. The van der Waals surface area contributed by atoms with Gasteiger partial charge in [0.25, 0.3) is 5.56 Å². The fourth-order valence-electron chi connectivity index (χ4n) is 2.20. The zero-order valence-corrected chi connectivity index (χ0v) is 13.2. The predicted octanol–water partition coefficient (Wildman–Crippen LogP) is 3.05. The molecule has 0 aliphatic carbocycles. The van der Waals surface area contributed by atoms with Crippen molar-refractivity contribution in [2.75, 3.05) is 0 Å². The predicted molar refractivity (Wildman–Crippen MR) is 83.4 cm³/mol. The topological polar surface area (TPSA) is 51.1 Å². The number of nitrogens with zero attached hydrogens (tertiary/aromatic N) is 1. The molecule has 2 rings (SSSR count). The Bertz CT molecular complexity index is 780. The highest BCUT2D eigenvalue weighted by Gasteiger charge is 2.31. The van der Waals surface area contributed by atoms with E-state index in [9.17, 15) is 22.8 Å². The number of hydrogen-bond acceptors (Lipinski definition) is 2. The van der Waals surface area contributed by atoms with E-state index in [1.807, 2.05) is 31.2 Å². The number of nitrogens with one attached hydrogen (secondary N) is 1. The second-order valence-corrected chi connectivity index (χ2v) is 5.58. The first-order valence-electron chi connectivity index (χ1n) is 7.30. The summed E-state index contributed by atoms with van der Waals surface area (Å²) in [6, 6.07) is 8.70. The van der Waals surface area contributed by atoms with Gasteiger partial charge in [0, 0.05) is 12.3 Å². The zero-order valence-electron chi connectivity index (χ0n) is 13.2. The number of rotatable bonds is 4. The van der Waals surface area contributed by atoms with Crippen LogP contribution in [0.4, 0.5) is 13.2 Å². The second kappa shape index (κ2) is 6.90. The second-order valence-electron chi connectivity index (χ2n) is 5.58. The average Bonchev–Trinajstić information content (AvgIpc) is 2.48. The van der Waals surface area contributed by atoms with Crippen molar-refractivity contribution in [3.8, 4) is 0 Å². The van der Waals surface area contributed by atoms with Crippen molar-refractivity contribution in [1.82, 2.24) is 9.88 Å². The van der Waals surface area contributed by atoms with Crippen molar-refractivity contribution < 1.29 is 18.0 Å². The van der Waals surface area contributed by atoms with E-state index in [1.165, 1.54) is 0 Å². The third-order valence-electron chi connectivity index (χ3n) is 3.58. The number of hydrogen-bond donors (Lipinski definition) is 1. The monoisotopic (exact) mass is 338 g/mol. The molecule has 1 heterocycles. The lowest BCUT2D eigenvalue weighted by Gasteiger charge is -2.16. The maximum atomic E-state index is 12.7. The maximum absolute atomic E-state index is 12.7. The number of halogens is 3. The van der Waals surface area contributed by atoms with E-state index in [0.717, 1.165) is 21.8 Å². The molecular weight excluding hydrogens is 321 g/mol. The van der Waals surface area contributed by atoms with Crippen LogP contribution in [-0.2, 0) is 17.5 Å². The summed E-state index contributed by atoms with van der Waals surface area (Å²) in [6.07, 6.45) is -3.92. The number of amides is 1. The van der Waals surface area contributed by atoms with Gasteiger partial charge in [-0.3, -0.25) is 9.59 Å². The molecule has 0 radical (unpaired) electrons. The molecule has 24 heavy (non-hydrogen) atoms. The molecule has 1 atom stereocenters. The molecule has 1 aromatic carbocycles. The van der Waals surface area contributed by atoms with Gasteiger partial charge in [0.1, 0.15) is 6.54 Å². The van der Waals surface area contributed by atoms with Gasteiger partial charge in [0.05, 0.1) is 11.6 Å². The van der Waals surface area contributed by atoms with E-state index < -0.39 is 29.8 Å². The highest BCUT2D eigenvalue weighted by Crippen LogP contribution is 2.28. The summed E-state index contributed by atoms with van der Waals surface area (Å²) in [7, 11) is 0. The minimum Gasteiger partial charge on any atom is -0.348 e. The smallest absolute Gasteiger partial charge is 0.348 e. The van der Waals surface area contributed by atoms with Gasteiger partial charge in [-0.15, -0.1) is 0 Å². The molecule has 0 aliphatic rings. The van der Waals surface area contributed by atoms with Crippen molar-refractivity contribution >= 4 is 5.91 Å². The fourth-order valence-corrected chi connectivity index (χ4v) is 2.20. The van der Waals surface area contributed by atoms with Crippen LogP contribution in [0.1, 0.15) is 29.7 Å².